The number of carbonyl (C=O) groups excluding carboxylic acids is 1. The zero-order valence-electron chi connectivity index (χ0n) is 25.2. The number of halogens is 1. The molecule has 0 bridgehead atoms. The molecule has 4 heterocycles. The molecule has 1 spiro atoms. The van der Waals surface area contributed by atoms with Crippen molar-refractivity contribution in [2.24, 2.45) is 0 Å². The number of nitrogen functional groups attached to an aromatic ring is 1. The Morgan fingerprint density at radius 2 is 1.98 bits per heavy atom. The van der Waals surface area contributed by atoms with E-state index in [-0.39, 0.29) is 5.54 Å². The summed E-state index contributed by atoms with van der Waals surface area (Å²) in [5.41, 5.74) is 11.7. The van der Waals surface area contributed by atoms with Gasteiger partial charge < -0.3 is 25.2 Å². The van der Waals surface area contributed by atoms with Gasteiger partial charge in [-0.2, -0.15) is 9.97 Å². The zero-order valence-corrected chi connectivity index (χ0v) is 25.2. The van der Waals surface area contributed by atoms with E-state index in [9.17, 15) is 9.18 Å². The summed E-state index contributed by atoms with van der Waals surface area (Å²) in [7, 11) is 2.12. The minimum absolute atomic E-state index is 0.275. The minimum Gasteiger partial charge on any atom is -0.432 e. The number of likely N-dealkylation sites (tertiary alicyclic amines) is 1. The number of nitrogens with two attached hydrogens (primary N) is 2. The maximum atomic E-state index is 13.8. The average molecular weight is 590 g/mol. The lowest BCUT2D eigenvalue weighted by Crippen LogP contribution is -2.57. The largest absolute Gasteiger partial charge is 0.432 e. The van der Waals surface area contributed by atoms with E-state index in [0.717, 1.165) is 79.2 Å². The number of benzene rings is 1. The third kappa shape index (κ3) is 5.58. The third-order valence-electron chi connectivity index (χ3n) is 9.54. The molecule has 2 saturated heterocycles. The van der Waals surface area contributed by atoms with Crippen molar-refractivity contribution in [2.75, 3.05) is 61.8 Å². The molecule has 43 heavy (non-hydrogen) atoms. The Kier molecular flexibility index (Phi) is 7.85. The van der Waals surface area contributed by atoms with E-state index >= 15 is 0 Å². The molecular weight excluding hydrogens is 547 g/mol. The van der Waals surface area contributed by atoms with Crippen LogP contribution in [0.1, 0.15) is 48.1 Å². The molecule has 3 aliphatic heterocycles. The lowest BCUT2D eigenvalue weighted by molar-refractivity contribution is -0.129. The number of aromatic nitrogens is 2. The highest BCUT2D eigenvalue weighted by Gasteiger charge is 2.53. The monoisotopic (exact) mass is 589 g/mol. The van der Waals surface area contributed by atoms with Crippen LogP contribution in [0.25, 0.3) is 0 Å². The van der Waals surface area contributed by atoms with Gasteiger partial charge >= 0.3 is 6.01 Å². The lowest BCUT2D eigenvalue weighted by Gasteiger charge is -2.43. The molecule has 4 aliphatic rings. The van der Waals surface area contributed by atoms with Crippen LogP contribution in [0.15, 0.2) is 36.9 Å². The van der Waals surface area contributed by atoms with Gasteiger partial charge in [-0.3, -0.25) is 15.1 Å². The van der Waals surface area contributed by atoms with E-state index in [1.54, 1.807) is 17.4 Å². The van der Waals surface area contributed by atoms with Crippen LogP contribution in [0.5, 0.6) is 6.01 Å². The van der Waals surface area contributed by atoms with Gasteiger partial charge in [-0.15, -0.1) is 0 Å². The summed E-state index contributed by atoms with van der Waals surface area (Å²) >= 11 is 0. The van der Waals surface area contributed by atoms with Crippen LogP contribution in [-0.4, -0.2) is 89.8 Å². The number of hydrogen-bond acceptors (Lipinski definition) is 8. The van der Waals surface area contributed by atoms with E-state index in [0.29, 0.717) is 43.8 Å². The van der Waals surface area contributed by atoms with Crippen LogP contribution in [0.2, 0.25) is 0 Å². The van der Waals surface area contributed by atoms with Gasteiger partial charge in [-0.25, -0.2) is 4.39 Å². The van der Waals surface area contributed by atoms with Crippen molar-refractivity contribution in [3.63, 3.8) is 0 Å². The molecule has 1 unspecified atom stereocenters. The summed E-state index contributed by atoms with van der Waals surface area (Å²) in [5, 5.41) is 6.04. The maximum absolute atomic E-state index is 13.8. The number of amides is 1. The fraction of sp³-hybridized carbons (Fsp3) is 0.500. The number of hydrogen-bond donors (Lipinski definition) is 2. The first kappa shape index (κ1) is 29.1. The Morgan fingerprint density at radius 1 is 1.19 bits per heavy atom. The summed E-state index contributed by atoms with van der Waals surface area (Å²) in [5.74, 6) is -0.687. The number of likely N-dealkylation sites (N-methyl/N-ethyl adjacent to an activating group) is 1. The predicted molar refractivity (Wildman–Crippen MR) is 166 cm³/mol. The van der Waals surface area contributed by atoms with Gasteiger partial charge in [0.1, 0.15) is 5.82 Å². The molecule has 1 aliphatic carbocycles. The van der Waals surface area contributed by atoms with Gasteiger partial charge in [0.25, 0.3) is 5.91 Å². The van der Waals surface area contributed by atoms with Gasteiger partial charge in [0, 0.05) is 56.4 Å². The zero-order chi connectivity index (χ0) is 30.3. The molecule has 1 aromatic carbocycles. The van der Waals surface area contributed by atoms with Gasteiger partial charge in [0.2, 0.25) is 0 Å². The summed E-state index contributed by atoms with van der Waals surface area (Å²) in [6, 6.07) is 4.59. The number of ether oxygens (including phenoxy) is 1. The number of carbonyl (C=O) groups is 1. The van der Waals surface area contributed by atoms with E-state index in [2.05, 4.69) is 41.3 Å². The summed E-state index contributed by atoms with van der Waals surface area (Å²) in [4.78, 5) is 30.9. The Labute approximate surface area is 252 Å². The highest BCUT2D eigenvalue weighted by Crippen LogP contribution is 2.48. The molecule has 1 saturated carbocycles. The van der Waals surface area contributed by atoms with Crippen LogP contribution in [0.4, 0.5) is 21.6 Å². The molecule has 0 radical (unpaired) electrons. The van der Waals surface area contributed by atoms with Crippen molar-refractivity contribution in [1.29, 1.82) is 0 Å². The van der Waals surface area contributed by atoms with Crippen LogP contribution in [-0.2, 0) is 17.6 Å². The minimum atomic E-state index is -0.915. The molecule has 1 atom stereocenters. The quantitative estimate of drug-likeness (QED) is 0.218. The van der Waals surface area contributed by atoms with Crippen LogP contribution < -0.4 is 25.7 Å². The molecule has 1 aromatic heterocycles. The Morgan fingerprint density at radius 3 is 2.67 bits per heavy atom. The van der Waals surface area contributed by atoms with E-state index < -0.39 is 11.7 Å². The second-order valence-electron chi connectivity index (χ2n) is 12.3. The fourth-order valence-electron chi connectivity index (χ4n) is 6.98. The Bertz CT molecular complexity index is 1470. The number of fused-ring (bicyclic) bond motifs is 1. The van der Waals surface area contributed by atoms with Crippen LogP contribution in [0, 0.1) is 6.92 Å². The molecule has 1 amide bonds. The summed E-state index contributed by atoms with van der Waals surface area (Å²) in [6.07, 6.45) is 10.9. The average Bonchev–Trinajstić information content (AvgIpc) is 3.69. The highest BCUT2D eigenvalue weighted by atomic mass is 19.1. The van der Waals surface area contributed by atoms with Crippen molar-refractivity contribution in [1.82, 2.24) is 19.8 Å². The van der Waals surface area contributed by atoms with Gasteiger partial charge in [-0.1, -0.05) is 12.6 Å². The van der Waals surface area contributed by atoms with E-state index in [4.69, 9.17) is 25.8 Å². The smallest absolute Gasteiger partial charge is 0.323 e. The van der Waals surface area contributed by atoms with Crippen molar-refractivity contribution in [3.05, 3.63) is 59.3 Å². The summed E-state index contributed by atoms with van der Waals surface area (Å²) in [6.45, 7) is 9.27. The number of nitrogens with zero attached hydrogens (tertiary/aromatic N) is 6. The first-order valence-electron chi connectivity index (χ1n) is 15.2. The topological polar surface area (TPSA) is 117 Å². The third-order valence-corrected chi connectivity index (χ3v) is 9.54. The molecule has 2 aromatic rings. The van der Waals surface area contributed by atoms with E-state index in [1.165, 1.54) is 6.42 Å². The van der Waals surface area contributed by atoms with Crippen LogP contribution in [0.3, 0.4) is 0 Å². The first-order chi connectivity index (χ1) is 20.7. The summed E-state index contributed by atoms with van der Waals surface area (Å²) < 4.78 is 19.8. The Balaban J connectivity index is 1.33. The fourth-order valence-corrected chi connectivity index (χ4v) is 6.98. The molecule has 11 heteroatoms. The number of anilines is 3. The van der Waals surface area contributed by atoms with Crippen molar-refractivity contribution in [2.45, 2.75) is 57.0 Å². The molecule has 4 N–H and O–H groups in total. The second-order valence-corrected chi connectivity index (χ2v) is 12.3. The normalized spacial score (nSPS) is 21.7. The van der Waals surface area contributed by atoms with Crippen molar-refractivity contribution >= 4 is 29.3 Å². The van der Waals surface area contributed by atoms with Gasteiger partial charge in [-0.05, 0) is 70.3 Å². The molecule has 10 nitrogen and oxygen atoms in total. The predicted octanol–water partition coefficient (Wildman–Crippen LogP) is 1.80. The number of rotatable bonds is 7. The van der Waals surface area contributed by atoms with Gasteiger partial charge in [0.15, 0.2) is 12.0 Å². The Hall–Kier alpha value is -3.99. The maximum Gasteiger partial charge on any atom is 0.323 e. The first-order valence-corrected chi connectivity index (χ1v) is 15.2. The molecule has 228 valence electrons. The van der Waals surface area contributed by atoms with Crippen molar-refractivity contribution < 1.29 is 19.3 Å². The molecule has 6 rings (SSSR count). The number of aryl methyl sites for hydroxylation is 1. The van der Waals surface area contributed by atoms with E-state index in [1.807, 2.05) is 12.1 Å². The highest BCUT2D eigenvalue weighted by molar-refractivity contribution is 5.93. The standard InChI is InChI=1S/C32H41FN8O2/c1-21-6-7-26(35)25(19-34)28(21)39-14-8-24-27(9-15-39)36-31(43-18-10-23-5-4-13-38(23)3)37-29(24)41-17-16-40(30(42)22(2)33)20-32(41)11-12-32/h6-7,10,18-19,23,34H,2,4-5,8-9,11-17,20,35H2,1,3H3/p+1/b18-10+,34-19?. The molecular formula is C32H42FN8O2+. The van der Waals surface area contributed by atoms with Gasteiger partial charge in [0.05, 0.1) is 28.7 Å². The number of piperazine rings is 1. The lowest BCUT2D eigenvalue weighted by atomic mass is 10.0. The second kappa shape index (κ2) is 11.6. The molecule has 3 fully saturated rings. The van der Waals surface area contributed by atoms with Crippen molar-refractivity contribution in [3.8, 4) is 6.01 Å². The van der Waals surface area contributed by atoms with Crippen LogP contribution >= 0.6 is 0 Å². The SMILES string of the molecule is C=C(F)C(=O)N1CCN(c2nc(O/C=C/C3CCCN3C)nc3c2CCN(c2c(C)ccc(N)c2C=[NH2+])CC3)C2(CC2)C1.